The molecule has 0 fully saturated rings. The predicted molar refractivity (Wildman–Crippen MR) is 99.9 cm³/mol. The van der Waals surface area contributed by atoms with Crippen LogP contribution in [0.25, 0.3) is 16.9 Å². The van der Waals surface area contributed by atoms with Gasteiger partial charge in [0.05, 0.1) is 12.7 Å². The van der Waals surface area contributed by atoms with Gasteiger partial charge >= 0.3 is 0 Å². The predicted octanol–water partition coefficient (Wildman–Crippen LogP) is 3.80. The number of methoxy groups -OCH3 is 1. The largest absolute Gasteiger partial charge is 0.494 e. The molecule has 0 saturated heterocycles. The fraction of sp³-hybridized carbons (Fsp3) is 0.368. The average Bonchev–Trinajstić information content (AvgIpc) is 3.10. The highest BCUT2D eigenvalue weighted by Crippen LogP contribution is 2.37. The van der Waals surface area contributed by atoms with E-state index in [2.05, 4.69) is 20.4 Å². The van der Waals surface area contributed by atoms with Gasteiger partial charge in [-0.1, -0.05) is 20.8 Å². The van der Waals surface area contributed by atoms with E-state index < -0.39 is 11.6 Å². The van der Waals surface area contributed by atoms with Crippen molar-refractivity contribution in [3.8, 4) is 22.9 Å². The van der Waals surface area contributed by atoms with Crippen LogP contribution in [0.15, 0.2) is 18.5 Å². The number of nitrogens with zero attached hydrogens (tertiary/aromatic N) is 5. The zero-order valence-electron chi connectivity index (χ0n) is 16.2. The quantitative estimate of drug-likeness (QED) is 0.734. The number of benzene rings is 1. The molecule has 1 N–H and O–H groups in total. The fourth-order valence-corrected chi connectivity index (χ4v) is 2.61. The second-order valence-electron chi connectivity index (χ2n) is 7.47. The molecule has 3 aromatic rings. The molecule has 2 aromatic heterocycles. The highest BCUT2D eigenvalue weighted by Gasteiger charge is 2.27. The van der Waals surface area contributed by atoms with Gasteiger partial charge in [-0.05, 0) is 18.4 Å². The molecule has 7 nitrogen and oxygen atoms in total. The molecule has 28 heavy (non-hydrogen) atoms. The highest BCUT2D eigenvalue weighted by atomic mass is 19.1. The Bertz CT molecular complexity index is 1080. The summed E-state index contributed by atoms with van der Waals surface area (Å²) in [4.78, 5) is 8.16. The lowest BCUT2D eigenvalue weighted by Crippen LogP contribution is -2.32. The van der Waals surface area contributed by atoms with Crippen molar-refractivity contribution in [3.63, 3.8) is 0 Å². The number of nitrogens with one attached hydrogen (secondary N) is 1. The summed E-state index contributed by atoms with van der Waals surface area (Å²) in [5.74, 6) is -1.24. The van der Waals surface area contributed by atoms with Crippen LogP contribution in [0.4, 0.5) is 14.6 Å². The van der Waals surface area contributed by atoms with E-state index in [9.17, 15) is 14.0 Å². The molecule has 0 saturated carbocycles. The molecule has 9 heteroatoms. The van der Waals surface area contributed by atoms with Crippen LogP contribution in [0.1, 0.15) is 33.4 Å². The third-order valence-corrected chi connectivity index (χ3v) is 4.70. The normalized spacial score (nSPS) is 12.6. The monoisotopic (exact) mass is 386 g/mol. The van der Waals surface area contributed by atoms with Gasteiger partial charge in [-0.15, -0.1) is 0 Å². The van der Waals surface area contributed by atoms with Crippen molar-refractivity contribution in [2.24, 2.45) is 5.41 Å². The molecule has 2 heterocycles. The average molecular weight is 386 g/mol. The molecule has 0 bridgehead atoms. The van der Waals surface area contributed by atoms with E-state index in [0.29, 0.717) is 5.82 Å². The first-order valence-electron chi connectivity index (χ1n) is 8.61. The number of ether oxygens (including phenoxy) is 1. The van der Waals surface area contributed by atoms with E-state index in [1.165, 1.54) is 18.0 Å². The lowest BCUT2D eigenvalue weighted by molar-refractivity contribution is 0.358. The Morgan fingerprint density at radius 1 is 1.25 bits per heavy atom. The van der Waals surface area contributed by atoms with Crippen molar-refractivity contribution in [1.29, 1.82) is 5.26 Å². The zero-order valence-corrected chi connectivity index (χ0v) is 16.2. The van der Waals surface area contributed by atoms with Crippen LogP contribution in [0.5, 0.6) is 5.75 Å². The third kappa shape index (κ3) is 3.33. The molecule has 3 rings (SSSR count). The number of nitriles is 1. The molecule has 1 atom stereocenters. The lowest BCUT2D eigenvalue weighted by atomic mass is 9.88. The number of anilines is 1. The maximum absolute atomic E-state index is 14.8. The van der Waals surface area contributed by atoms with E-state index in [-0.39, 0.29) is 39.8 Å². The summed E-state index contributed by atoms with van der Waals surface area (Å²) >= 11 is 0. The number of fused-ring (bicyclic) bond motifs is 1. The van der Waals surface area contributed by atoms with E-state index in [1.54, 1.807) is 0 Å². The fourth-order valence-electron chi connectivity index (χ4n) is 2.61. The minimum absolute atomic E-state index is 0.0902. The molecule has 146 valence electrons. The maximum Gasteiger partial charge on any atom is 0.255 e. The first-order chi connectivity index (χ1) is 13.2. The minimum atomic E-state index is -0.753. The number of hydrogen-bond acceptors (Lipinski definition) is 6. The van der Waals surface area contributed by atoms with Crippen LogP contribution in [-0.2, 0) is 0 Å². The van der Waals surface area contributed by atoms with Crippen molar-refractivity contribution in [3.05, 3.63) is 35.8 Å². The minimum Gasteiger partial charge on any atom is -0.494 e. The molecule has 0 amide bonds. The smallest absolute Gasteiger partial charge is 0.255 e. The number of rotatable bonds is 4. The molecule has 0 aliphatic carbocycles. The van der Waals surface area contributed by atoms with Crippen LogP contribution in [0.3, 0.4) is 0 Å². The molecular formula is C19H20F2N6O. The van der Waals surface area contributed by atoms with Crippen LogP contribution in [0.2, 0.25) is 0 Å². The molecule has 1 aromatic carbocycles. The van der Waals surface area contributed by atoms with Crippen molar-refractivity contribution in [2.45, 2.75) is 33.7 Å². The van der Waals surface area contributed by atoms with Crippen molar-refractivity contribution >= 4 is 11.6 Å². The van der Waals surface area contributed by atoms with E-state index >= 15 is 0 Å². The molecule has 1 unspecified atom stereocenters. The Kier molecular flexibility index (Phi) is 4.89. The lowest BCUT2D eigenvalue weighted by Gasteiger charge is -2.30. The summed E-state index contributed by atoms with van der Waals surface area (Å²) in [5, 5.41) is 17.0. The van der Waals surface area contributed by atoms with Crippen LogP contribution in [0, 0.1) is 28.4 Å². The Balaban J connectivity index is 2.34. The summed E-state index contributed by atoms with van der Waals surface area (Å²) in [5.41, 5.74) is -0.268. The summed E-state index contributed by atoms with van der Waals surface area (Å²) in [7, 11) is 1.25. The van der Waals surface area contributed by atoms with Crippen LogP contribution < -0.4 is 10.1 Å². The Labute approximate surface area is 161 Å². The Hall–Kier alpha value is -3.28. The number of halogens is 2. The van der Waals surface area contributed by atoms with E-state index in [1.807, 2.05) is 33.8 Å². The molecular weight excluding hydrogens is 366 g/mol. The standard InChI is InChI=1S/C19H20F2N6O/c1-10(19(2,3)4)25-17-16(11-6-13(21)15(28-5)7-12(11)20)14(8-22)26-18-23-9-24-27(17)18/h6-7,9-10,25H,1-5H3. The van der Waals surface area contributed by atoms with Gasteiger partial charge in [-0.3, -0.25) is 0 Å². The number of aromatic nitrogens is 4. The topological polar surface area (TPSA) is 88.1 Å². The maximum atomic E-state index is 14.8. The molecule has 0 spiro atoms. The van der Waals surface area contributed by atoms with Gasteiger partial charge in [0.15, 0.2) is 17.3 Å². The Morgan fingerprint density at radius 3 is 2.57 bits per heavy atom. The summed E-state index contributed by atoms with van der Waals surface area (Å²) in [6, 6.07) is 3.78. The Morgan fingerprint density at radius 2 is 1.96 bits per heavy atom. The van der Waals surface area contributed by atoms with Gasteiger partial charge < -0.3 is 10.1 Å². The highest BCUT2D eigenvalue weighted by molar-refractivity contribution is 5.82. The van der Waals surface area contributed by atoms with E-state index in [0.717, 1.165) is 12.1 Å². The summed E-state index contributed by atoms with van der Waals surface area (Å²) < 4.78 is 35.4. The van der Waals surface area contributed by atoms with Crippen LogP contribution in [-0.4, -0.2) is 32.7 Å². The van der Waals surface area contributed by atoms with Gasteiger partial charge in [-0.25, -0.2) is 8.78 Å². The summed E-state index contributed by atoms with van der Waals surface area (Å²) in [6.07, 6.45) is 1.28. The van der Waals surface area contributed by atoms with Gasteiger partial charge in [0.2, 0.25) is 0 Å². The van der Waals surface area contributed by atoms with E-state index in [4.69, 9.17) is 4.74 Å². The third-order valence-electron chi connectivity index (χ3n) is 4.70. The second kappa shape index (κ2) is 7.03. The van der Waals surface area contributed by atoms with Crippen LogP contribution >= 0.6 is 0 Å². The summed E-state index contributed by atoms with van der Waals surface area (Å²) in [6.45, 7) is 8.04. The molecule has 0 radical (unpaired) electrons. The van der Waals surface area contributed by atoms with Crippen molar-refractivity contribution < 1.29 is 13.5 Å². The first kappa shape index (κ1) is 19.5. The zero-order chi connectivity index (χ0) is 20.6. The van der Waals surface area contributed by atoms with Gasteiger partial charge in [0.1, 0.15) is 24.0 Å². The first-order valence-corrected chi connectivity index (χ1v) is 8.61. The SMILES string of the molecule is COc1cc(F)c(-c2c(C#N)nc3ncnn3c2NC(C)C(C)(C)C)cc1F. The van der Waals surface area contributed by atoms with Gasteiger partial charge in [-0.2, -0.15) is 24.8 Å². The van der Waals surface area contributed by atoms with Gasteiger partial charge in [0, 0.05) is 17.7 Å². The van der Waals surface area contributed by atoms with Crippen molar-refractivity contribution in [1.82, 2.24) is 19.6 Å². The molecule has 0 aliphatic heterocycles. The molecule has 0 aliphatic rings. The van der Waals surface area contributed by atoms with Gasteiger partial charge in [0.25, 0.3) is 5.78 Å². The number of hydrogen-bond donors (Lipinski definition) is 1. The second-order valence-corrected chi connectivity index (χ2v) is 7.47. The van der Waals surface area contributed by atoms with Crippen molar-refractivity contribution in [2.75, 3.05) is 12.4 Å².